The van der Waals surface area contributed by atoms with Crippen LogP contribution in [0.5, 0.6) is 5.75 Å². The van der Waals surface area contributed by atoms with Crippen LogP contribution in [0.15, 0.2) is 24.3 Å². The largest absolute Gasteiger partial charge is 0.491 e. The molecule has 0 spiro atoms. The predicted octanol–water partition coefficient (Wildman–Crippen LogP) is 1.87. The van der Waals surface area contributed by atoms with Gasteiger partial charge in [-0.15, -0.1) is 0 Å². The number of morpholine rings is 1. The fourth-order valence-corrected chi connectivity index (χ4v) is 2.40. The Hall–Kier alpha value is -1.59. The molecule has 0 radical (unpaired) electrons. The molecule has 1 aliphatic rings. The van der Waals surface area contributed by atoms with Crippen molar-refractivity contribution in [2.45, 2.75) is 19.4 Å². The van der Waals surface area contributed by atoms with Crippen LogP contribution in [0.4, 0.5) is 0 Å². The zero-order valence-corrected chi connectivity index (χ0v) is 11.7. The first kappa shape index (κ1) is 14.8. The van der Waals surface area contributed by atoms with Gasteiger partial charge in [0.2, 0.25) is 0 Å². The molecule has 1 heterocycles. The van der Waals surface area contributed by atoms with E-state index in [0.29, 0.717) is 18.4 Å². The van der Waals surface area contributed by atoms with E-state index in [-0.39, 0.29) is 5.56 Å². The third-order valence-corrected chi connectivity index (χ3v) is 3.57. The normalized spacial score (nSPS) is 19.8. The molecule has 1 fully saturated rings. The molecule has 0 unspecified atom stereocenters. The van der Waals surface area contributed by atoms with Crippen LogP contribution in [-0.4, -0.2) is 54.9 Å². The molecule has 1 saturated heterocycles. The van der Waals surface area contributed by atoms with E-state index < -0.39 is 5.97 Å². The Morgan fingerprint density at radius 3 is 3.05 bits per heavy atom. The highest BCUT2D eigenvalue weighted by atomic mass is 16.5. The molecule has 5 heteroatoms. The number of benzene rings is 1. The summed E-state index contributed by atoms with van der Waals surface area (Å²) in [5, 5.41) is 9.09. The first-order valence-corrected chi connectivity index (χ1v) is 6.99. The van der Waals surface area contributed by atoms with Gasteiger partial charge in [-0.2, -0.15) is 0 Å². The SMILES string of the molecule is CC[C@H]1COCCN1CCOc1ccccc1C(=O)O. The van der Waals surface area contributed by atoms with Gasteiger partial charge in [0.25, 0.3) is 0 Å². The summed E-state index contributed by atoms with van der Waals surface area (Å²) < 4.78 is 11.1. The number of para-hydroxylation sites is 1. The van der Waals surface area contributed by atoms with Crippen LogP contribution in [0, 0.1) is 0 Å². The summed E-state index contributed by atoms with van der Waals surface area (Å²) in [5.41, 5.74) is 0.210. The monoisotopic (exact) mass is 279 g/mol. The van der Waals surface area contributed by atoms with Crippen LogP contribution in [-0.2, 0) is 4.74 Å². The molecule has 2 rings (SSSR count). The third-order valence-electron chi connectivity index (χ3n) is 3.57. The third kappa shape index (κ3) is 3.71. The molecule has 0 aromatic heterocycles. The number of carbonyl (C=O) groups is 1. The number of carboxylic acid groups (broad SMARTS) is 1. The van der Waals surface area contributed by atoms with Gasteiger partial charge in [-0.05, 0) is 18.6 Å². The van der Waals surface area contributed by atoms with E-state index in [9.17, 15) is 4.79 Å². The van der Waals surface area contributed by atoms with Crippen molar-refractivity contribution in [2.24, 2.45) is 0 Å². The molecule has 1 aromatic carbocycles. The number of rotatable bonds is 6. The van der Waals surface area contributed by atoms with E-state index in [0.717, 1.165) is 32.7 Å². The van der Waals surface area contributed by atoms with Crippen molar-refractivity contribution in [3.63, 3.8) is 0 Å². The summed E-state index contributed by atoms with van der Waals surface area (Å²) in [6, 6.07) is 7.17. The minimum Gasteiger partial charge on any atom is -0.491 e. The van der Waals surface area contributed by atoms with Crippen molar-refractivity contribution in [2.75, 3.05) is 32.9 Å². The van der Waals surface area contributed by atoms with E-state index in [1.165, 1.54) is 0 Å². The zero-order chi connectivity index (χ0) is 14.4. The van der Waals surface area contributed by atoms with Crippen LogP contribution >= 0.6 is 0 Å². The van der Waals surface area contributed by atoms with Crippen molar-refractivity contribution >= 4 is 5.97 Å². The van der Waals surface area contributed by atoms with Gasteiger partial charge in [0, 0.05) is 19.1 Å². The van der Waals surface area contributed by atoms with E-state index in [4.69, 9.17) is 14.6 Å². The number of hydrogen-bond acceptors (Lipinski definition) is 4. The van der Waals surface area contributed by atoms with Crippen molar-refractivity contribution in [1.29, 1.82) is 0 Å². The summed E-state index contributed by atoms with van der Waals surface area (Å²) in [5.74, 6) is -0.528. The lowest BCUT2D eigenvalue weighted by molar-refractivity contribution is -0.0133. The number of hydrogen-bond donors (Lipinski definition) is 1. The lowest BCUT2D eigenvalue weighted by atomic mass is 10.2. The maximum absolute atomic E-state index is 11.1. The summed E-state index contributed by atoms with van der Waals surface area (Å²) >= 11 is 0. The summed E-state index contributed by atoms with van der Waals surface area (Å²) in [6.07, 6.45) is 1.05. The number of ether oxygens (including phenoxy) is 2. The standard InChI is InChI=1S/C15H21NO4/c1-2-12-11-19-9-7-16(12)8-10-20-14-6-4-3-5-13(14)15(17)18/h3-6,12H,2,7-11H2,1H3,(H,17,18)/t12-/m0/s1. The molecule has 1 aliphatic heterocycles. The lowest BCUT2D eigenvalue weighted by Gasteiger charge is -2.34. The van der Waals surface area contributed by atoms with Gasteiger partial charge in [0.15, 0.2) is 0 Å². The number of nitrogens with zero attached hydrogens (tertiary/aromatic N) is 1. The molecule has 1 aromatic rings. The predicted molar refractivity (Wildman–Crippen MR) is 75.4 cm³/mol. The van der Waals surface area contributed by atoms with Gasteiger partial charge in [0.05, 0.1) is 13.2 Å². The highest BCUT2D eigenvalue weighted by Crippen LogP contribution is 2.18. The van der Waals surface area contributed by atoms with Gasteiger partial charge < -0.3 is 14.6 Å². The Morgan fingerprint density at radius 1 is 1.50 bits per heavy atom. The van der Waals surface area contributed by atoms with Crippen molar-refractivity contribution in [1.82, 2.24) is 4.90 Å². The Morgan fingerprint density at radius 2 is 2.30 bits per heavy atom. The topological polar surface area (TPSA) is 59.0 Å². The highest BCUT2D eigenvalue weighted by molar-refractivity contribution is 5.90. The summed E-state index contributed by atoms with van der Waals surface area (Å²) in [4.78, 5) is 13.4. The second kappa shape index (κ2) is 7.26. The molecule has 0 amide bonds. The second-order valence-corrected chi connectivity index (χ2v) is 4.82. The fourth-order valence-electron chi connectivity index (χ4n) is 2.40. The maximum Gasteiger partial charge on any atom is 0.339 e. The van der Waals surface area contributed by atoms with Gasteiger partial charge in [0.1, 0.15) is 17.9 Å². The van der Waals surface area contributed by atoms with Gasteiger partial charge >= 0.3 is 5.97 Å². The first-order chi connectivity index (χ1) is 9.72. The second-order valence-electron chi connectivity index (χ2n) is 4.82. The van der Waals surface area contributed by atoms with E-state index >= 15 is 0 Å². The average Bonchev–Trinajstić information content (AvgIpc) is 2.48. The molecular formula is C15H21NO4. The van der Waals surface area contributed by atoms with Crippen molar-refractivity contribution in [3.05, 3.63) is 29.8 Å². The molecule has 1 atom stereocenters. The van der Waals surface area contributed by atoms with E-state index in [2.05, 4.69) is 11.8 Å². The smallest absolute Gasteiger partial charge is 0.339 e. The first-order valence-electron chi connectivity index (χ1n) is 6.99. The Labute approximate surface area is 119 Å². The van der Waals surface area contributed by atoms with E-state index in [1.807, 2.05) is 0 Å². The van der Waals surface area contributed by atoms with E-state index in [1.54, 1.807) is 24.3 Å². The number of carboxylic acids is 1. The molecule has 0 aliphatic carbocycles. The Kier molecular flexibility index (Phi) is 5.38. The van der Waals surface area contributed by atoms with Crippen LogP contribution in [0.25, 0.3) is 0 Å². The molecule has 0 bridgehead atoms. The minimum atomic E-state index is -0.960. The highest BCUT2D eigenvalue weighted by Gasteiger charge is 2.21. The molecule has 110 valence electrons. The molecule has 5 nitrogen and oxygen atoms in total. The van der Waals surface area contributed by atoms with Gasteiger partial charge in [-0.3, -0.25) is 4.90 Å². The van der Waals surface area contributed by atoms with Gasteiger partial charge in [-0.25, -0.2) is 4.79 Å². The van der Waals surface area contributed by atoms with Crippen molar-refractivity contribution in [3.8, 4) is 5.75 Å². The maximum atomic E-state index is 11.1. The molecular weight excluding hydrogens is 258 g/mol. The average molecular weight is 279 g/mol. The lowest BCUT2D eigenvalue weighted by Crippen LogP contribution is -2.46. The molecule has 1 N–H and O–H groups in total. The minimum absolute atomic E-state index is 0.210. The number of aromatic carboxylic acids is 1. The van der Waals surface area contributed by atoms with Crippen LogP contribution in [0.3, 0.4) is 0 Å². The quantitative estimate of drug-likeness (QED) is 0.861. The Bertz CT molecular complexity index is 449. The van der Waals surface area contributed by atoms with Gasteiger partial charge in [-0.1, -0.05) is 19.1 Å². The molecule has 0 saturated carbocycles. The fraction of sp³-hybridized carbons (Fsp3) is 0.533. The van der Waals surface area contributed by atoms with Crippen LogP contribution < -0.4 is 4.74 Å². The van der Waals surface area contributed by atoms with Crippen molar-refractivity contribution < 1.29 is 19.4 Å². The summed E-state index contributed by atoms with van der Waals surface area (Å²) in [7, 11) is 0. The van der Waals surface area contributed by atoms with Crippen LogP contribution in [0.1, 0.15) is 23.7 Å². The zero-order valence-electron chi connectivity index (χ0n) is 11.7. The summed E-state index contributed by atoms with van der Waals surface area (Å²) in [6.45, 7) is 5.84. The molecule has 20 heavy (non-hydrogen) atoms. The Balaban J connectivity index is 1.88. The van der Waals surface area contributed by atoms with Crippen LogP contribution in [0.2, 0.25) is 0 Å².